The van der Waals surface area contributed by atoms with E-state index in [1.54, 1.807) is 24.3 Å². The maximum atomic E-state index is 14.1. The van der Waals surface area contributed by atoms with E-state index in [0.717, 1.165) is 11.6 Å². The Morgan fingerprint density at radius 1 is 0.897 bits per heavy atom. The highest BCUT2D eigenvalue weighted by molar-refractivity contribution is 5.83. The summed E-state index contributed by atoms with van der Waals surface area (Å²) in [5.74, 6) is -0.111. The number of nitrogens with zero attached hydrogens (tertiary/aromatic N) is 3. The van der Waals surface area contributed by atoms with Gasteiger partial charge in [-0.2, -0.15) is 31.6 Å². The first kappa shape index (κ1) is 27.9. The number of tetrazole rings is 1. The number of nitrogens with one attached hydrogen (secondary N) is 2. The average Bonchev–Trinajstić information content (AvgIpc) is 3.39. The molecule has 2 aromatic carbocycles. The number of aryl methyl sites for hydroxylation is 1. The Bertz CT molecular complexity index is 1460. The van der Waals surface area contributed by atoms with Crippen LogP contribution in [0.25, 0.3) is 33.8 Å². The van der Waals surface area contributed by atoms with Crippen LogP contribution in [0.1, 0.15) is 36.8 Å². The molecule has 0 bridgehead atoms. The van der Waals surface area contributed by atoms with Crippen LogP contribution in [0, 0.1) is 6.92 Å². The van der Waals surface area contributed by atoms with Crippen molar-refractivity contribution in [2.75, 3.05) is 6.61 Å². The zero-order valence-corrected chi connectivity index (χ0v) is 20.6. The molecule has 206 valence electrons. The molecule has 2 aromatic heterocycles. The Morgan fingerprint density at radius 2 is 1.64 bits per heavy atom. The van der Waals surface area contributed by atoms with Crippen molar-refractivity contribution in [1.29, 1.82) is 0 Å². The number of alkyl halides is 6. The van der Waals surface area contributed by atoms with Gasteiger partial charge in [0.25, 0.3) is 5.56 Å². The summed E-state index contributed by atoms with van der Waals surface area (Å²) in [6, 6.07) is 11.8. The summed E-state index contributed by atoms with van der Waals surface area (Å²) in [5.41, 5.74) is -0.282. The average molecular weight is 551 g/mol. The van der Waals surface area contributed by atoms with E-state index in [2.05, 4.69) is 25.6 Å². The largest absolute Gasteiger partial charge is 0.494 e. The SMILES string of the molecule is Cc1ccc(-c2cc(-c3ccc(OCCCCCC(F)(F)F)cc3C(F)(F)F)[nH]c(=O)c2-c2nn[nH]n2)cc1. The number of hydrogen-bond acceptors (Lipinski definition) is 5. The molecule has 0 saturated heterocycles. The summed E-state index contributed by atoms with van der Waals surface area (Å²) in [6.45, 7) is 1.83. The second-order valence-corrected chi connectivity index (χ2v) is 8.88. The molecule has 0 spiro atoms. The van der Waals surface area contributed by atoms with Gasteiger partial charge in [-0.1, -0.05) is 29.8 Å². The van der Waals surface area contributed by atoms with Gasteiger partial charge in [0.15, 0.2) is 0 Å². The molecular formula is C26H23F6N5O2. The number of aromatic nitrogens is 5. The Morgan fingerprint density at radius 3 is 2.28 bits per heavy atom. The van der Waals surface area contributed by atoms with E-state index in [9.17, 15) is 31.1 Å². The summed E-state index contributed by atoms with van der Waals surface area (Å²) >= 11 is 0. The molecule has 0 amide bonds. The Hall–Kier alpha value is -4.16. The van der Waals surface area contributed by atoms with Crippen LogP contribution in [0.2, 0.25) is 0 Å². The number of unbranched alkanes of at least 4 members (excludes halogenated alkanes) is 2. The lowest BCUT2D eigenvalue weighted by Crippen LogP contribution is -2.15. The van der Waals surface area contributed by atoms with Gasteiger partial charge in [0.05, 0.1) is 17.7 Å². The quantitative estimate of drug-likeness (QED) is 0.178. The zero-order valence-electron chi connectivity index (χ0n) is 20.6. The third-order valence-electron chi connectivity index (χ3n) is 5.92. The van der Waals surface area contributed by atoms with Crippen molar-refractivity contribution in [2.24, 2.45) is 0 Å². The fraction of sp³-hybridized carbons (Fsp3) is 0.308. The molecule has 0 unspecified atom stereocenters. The number of aromatic amines is 2. The number of hydrogen-bond donors (Lipinski definition) is 2. The lowest BCUT2D eigenvalue weighted by molar-refractivity contribution is -0.137. The minimum absolute atomic E-state index is 0.0200. The predicted octanol–water partition coefficient (Wildman–Crippen LogP) is 6.72. The monoisotopic (exact) mass is 551 g/mol. The fourth-order valence-corrected chi connectivity index (χ4v) is 4.03. The molecule has 2 N–H and O–H groups in total. The topological polar surface area (TPSA) is 96.5 Å². The Balaban J connectivity index is 1.68. The highest BCUT2D eigenvalue weighted by atomic mass is 19.4. The van der Waals surface area contributed by atoms with Crippen molar-refractivity contribution in [3.8, 4) is 39.5 Å². The maximum Gasteiger partial charge on any atom is 0.417 e. The van der Waals surface area contributed by atoms with E-state index in [0.29, 0.717) is 11.1 Å². The predicted molar refractivity (Wildman–Crippen MR) is 131 cm³/mol. The zero-order chi connectivity index (χ0) is 28.2. The highest BCUT2D eigenvalue weighted by Gasteiger charge is 2.35. The van der Waals surface area contributed by atoms with Gasteiger partial charge in [0, 0.05) is 23.2 Å². The van der Waals surface area contributed by atoms with Crippen molar-refractivity contribution in [3.63, 3.8) is 0 Å². The van der Waals surface area contributed by atoms with E-state index in [-0.39, 0.29) is 54.3 Å². The van der Waals surface area contributed by atoms with Gasteiger partial charge >= 0.3 is 12.4 Å². The van der Waals surface area contributed by atoms with Crippen molar-refractivity contribution in [2.45, 2.75) is 45.0 Å². The van der Waals surface area contributed by atoms with Crippen LogP contribution in [-0.2, 0) is 6.18 Å². The first-order valence-electron chi connectivity index (χ1n) is 11.9. The fourth-order valence-electron chi connectivity index (χ4n) is 4.03. The van der Waals surface area contributed by atoms with E-state index in [1.165, 1.54) is 18.2 Å². The third-order valence-corrected chi connectivity index (χ3v) is 5.92. The van der Waals surface area contributed by atoms with Gasteiger partial charge in [0.1, 0.15) is 5.75 Å². The van der Waals surface area contributed by atoms with E-state index >= 15 is 0 Å². The van der Waals surface area contributed by atoms with Crippen LogP contribution in [0.15, 0.2) is 53.3 Å². The molecule has 39 heavy (non-hydrogen) atoms. The second kappa shape index (κ2) is 11.3. The van der Waals surface area contributed by atoms with Gasteiger partial charge < -0.3 is 9.72 Å². The molecule has 0 radical (unpaired) electrons. The van der Waals surface area contributed by atoms with E-state index in [4.69, 9.17) is 4.74 Å². The molecule has 0 saturated carbocycles. The van der Waals surface area contributed by atoms with Crippen LogP contribution in [0.4, 0.5) is 26.3 Å². The van der Waals surface area contributed by atoms with Gasteiger partial charge in [-0.3, -0.25) is 4.79 Å². The summed E-state index contributed by atoms with van der Waals surface area (Å²) in [7, 11) is 0. The first-order chi connectivity index (χ1) is 18.4. The molecule has 0 atom stereocenters. The summed E-state index contributed by atoms with van der Waals surface area (Å²) in [6.07, 6.45) is -9.58. The van der Waals surface area contributed by atoms with Gasteiger partial charge in [-0.15, -0.1) is 10.2 Å². The highest BCUT2D eigenvalue weighted by Crippen LogP contribution is 2.40. The van der Waals surface area contributed by atoms with Crippen LogP contribution < -0.4 is 10.3 Å². The molecular weight excluding hydrogens is 528 g/mol. The van der Waals surface area contributed by atoms with Crippen molar-refractivity contribution in [3.05, 3.63) is 70.0 Å². The molecule has 0 aliphatic heterocycles. The smallest absolute Gasteiger partial charge is 0.417 e. The summed E-state index contributed by atoms with van der Waals surface area (Å²) < 4.78 is 84.4. The van der Waals surface area contributed by atoms with Crippen molar-refractivity contribution < 1.29 is 31.1 Å². The van der Waals surface area contributed by atoms with Crippen LogP contribution in [0.5, 0.6) is 5.75 Å². The second-order valence-electron chi connectivity index (χ2n) is 8.88. The number of halogens is 6. The minimum Gasteiger partial charge on any atom is -0.494 e. The summed E-state index contributed by atoms with van der Waals surface area (Å²) in [4.78, 5) is 15.6. The number of pyridine rings is 1. The maximum absolute atomic E-state index is 14.1. The number of rotatable bonds is 9. The Labute approximate surface area is 218 Å². The van der Waals surface area contributed by atoms with Gasteiger partial charge in [-0.25, -0.2) is 0 Å². The van der Waals surface area contributed by atoms with Crippen molar-refractivity contribution >= 4 is 0 Å². The summed E-state index contributed by atoms with van der Waals surface area (Å²) in [5, 5.41) is 13.5. The molecule has 4 aromatic rings. The molecule has 0 aliphatic rings. The molecule has 2 heterocycles. The number of benzene rings is 2. The van der Waals surface area contributed by atoms with E-state index in [1.807, 2.05) is 6.92 Å². The lowest BCUT2D eigenvalue weighted by atomic mass is 9.95. The molecule has 0 aliphatic carbocycles. The van der Waals surface area contributed by atoms with Crippen LogP contribution >= 0.6 is 0 Å². The van der Waals surface area contributed by atoms with Crippen molar-refractivity contribution in [1.82, 2.24) is 25.6 Å². The van der Waals surface area contributed by atoms with Gasteiger partial charge in [0.2, 0.25) is 5.82 Å². The van der Waals surface area contributed by atoms with Gasteiger partial charge in [-0.05, 0) is 61.2 Å². The van der Waals surface area contributed by atoms with Crippen LogP contribution in [0.3, 0.4) is 0 Å². The third kappa shape index (κ3) is 7.03. The normalized spacial score (nSPS) is 12.1. The standard InChI is InChI=1S/C26H23F6N5O2/c1-15-5-7-16(8-6-15)19-14-21(33-24(38)22(19)23-34-36-37-35-23)18-10-9-17(13-20(18)26(30,31)32)39-12-4-2-3-11-25(27,28)29/h5-10,13-14H,2-4,11-12H2,1H3,(H,33,38)(H,34,35,36,37). The molecule has 4 rings (SSSR count). The van der Waals surface area contributed by atoms with E-state index < -0.39 is 29.9 Å². The minimum atomic E-state index is -4.80. The van der Waals surface area contributed by atoms with Crippen LogP contribution in [-0.4, -0.2) is 38.4 Å². The Kier molecular flexibility index (Phi) is 8.07. The molecule has 0 fully saturated rings. The number of H-pyrrole nitrogens is 2. The lowest BCUT2D eigenvalue weighted by Gasteiger charge is -2.17. The molecule has 7 nitrogen and oxygen atoms in total. The first-order valence-corrected chi connectivity index (χ1v) is 11.9. The molecule has 13 heteroatoms. The number of ether oxygens (including phenoxy) is 1.